The van der Waals surface area contributed by atoms with E-state index in [4.69, 9.17) is 0 Å². The fourth-order valence-corrected chi connectivity index (χ4v) is 0.477. The van der Waals surface area contributed by atoms with Gasteiger partial charge in [0.25, 0.3) is 0 Å². The van der Waals surface area contributed by atoms with Gasteiger partial charge in [-0.2, -0.15) is 0 Å². The minimum atomic E-state index is -1.19. The van der Waals surface area contributed by atoms with Crippen molar-refractivity contribution in [2.45, 2.75) is 0 Å². The summed E-state index contributed by atoms with van der Waals surface area (Å²) in [4.78, 5) is 10.1. The van der Waals surface area contributed by atoms with E-state index in [9.17, 15) is 13.6 Å². The maximum Gasteiger partial charge on any atom is 0.150 e. The van der Waals surface area contributed by atoms with Crippen LogP contribution in [-0.2, 0) is 4.79 Å². The Bertz CT molecular complexity index is 204. The molecule has 0 aliphatic rings. The van der Waals surface area contributed by atoms with E-state index in [2.05, 4.69) is 6.58 Å². The average molecular weight is 158 g/mol. The largest absolute Gasteiger partial charge is 0.298 e. The molecule has 0 unspecified atom stereocenters. The van der Waals surface area contributed by atoms with Gasteiger partial charge >= 0.3 is 0 Å². The monoisotopic (exact) mass is 158 g/mol. The Hall–Kier alpha value is -1.25. The lowest BCUT2D eigenvalue weighted by Gasteiger charge is -1.87. The van der Waals surface area contributed by atoms with Gasteiger partial charge in [0.1, 0.15) is 18.8 Å². The predicted octanol–water partition coefficient (Wildman–Crippen LogP) is 2.12. The predicted molar refractivity (Wildman–Crippen MR) is 39.5 cm³/mol. The zero-order chi connectivity index (χ0) is 8.69. The highest BCUT2D eigenvalue weighted by Crippen LogP contribution is 2.02. The van der Waals surface area contributed by atoms with Crippen molar-refractivity contribution in [2.24, 2.45) is 0 Å². The van der Waals surface area contributed by atoms with Crippen molar-refractivity contribution in [3.63, 3.8) is 0 Å². The molecule has 0 spiro atoms. The van der Waals surface area contributed by atoms with Gasteiger partial charge in [0, 0.05) is 5.57 Å². The third kappa shape index (κ3) is 4.19. The quantitative estimate of drug-likeness (QED) is 0.348. The minimum absolute atomic E-state index is 0.0650. The van der Waals surface area contributed by atoms with Gasteiger partial charge in [-0.1, -0.05) is 18.7 Å². The number of halogens is 2. The van der Waals surface area contributed by atoms with Gasteiger partial charge < -0.3 is 0 Å². The normalized spacial score (nSPS) is 12.9. The van der Waals surface area contributed by atoms with Crippen LogP contribution in [0.4, 0.5) is 8.78 Å². The molecule has 0 aliphatic heterocycles. The molecule has 1 nitrogen and oxygen atoms in total. The minimum Gasteiger partial charge on any atom is -0.298 e. The Morgan fingerprint density at radius 3 is 2.55 bits per heavy atom. The summed E-state index contributed by atoms with van der Waals surface area (Å²) in [6, 6.07) is 0. The Kier molecular flexibility index (Phi) is 4.90. The van der Waals surface area contributed by atoms with Crippen molar-refractivity contribution in [1.29, 1.82) is 0 Å². The first-order chi connectivity index (χ1) is 5.24. The van der Waals surface area contributed by atoms with Gasteiger partial charge in [-0.3, -0.25) is 4.79 Å². The number of aldehydes is 1. The molecule has 0 saturated heterocycles. The third-order valence-electron chi connectivity index (χ3n) is 0.897. The summed E-state index contributed by atoms with van der Waals surface area (Å²) in [6.45, 7) is 2.11. The molecule has 0 aromatic rings. The summed E-state index contributed by atoms with van der Waals surface area (Å²) in [5, 5.41) is 0. The molecule has 0 bridgehead atoms. The number of alkyl halides is 1. The van der Waals surface area contributed by atoms with E-state index in [1.165, 1.54) is 12.2 Å². The maximum atomic E-state index is 12.1. The van der Waals surface area contributed by atoms with Gasteiger partial charge in [0.15, 0.2) is 0 Å². The molecule has 0 saturated carbocycles. The van der Waals surface area contributed by atoms with E-state index in [0.717, 1.165) is 6.08 Å². The molecule has 0 N–H and O–H groups in total. The standard InChI is InChI=1S/C8H8F2O/c1-2-3-7(6-11)4-8(10)5-9/h2-4,6H,1,5H2/b7-3+,8-4+. The molecule has 0 rings (SSSR count). The summed E-state index contributed by atoms with van der Waals surface area (Å²) < 4.78 is 23.7. The maximum absolute atomic E-state index is 12.1. The SMILES string of the molecule is C=C/C=C(C=O)\C=C(\F)CF. The third-order valence-corrected chi connectivity index (χ3v) is 0.897. The summed E-state index contributed by atoms with van der Waals surface area (Å²) in [5.41, 5.74) is 0.0650. The van der Waals surface area contributed by atoms with Crippen LogP contribution in [0.15, 0.2) is 36.2 Å². The lowest BCUT2D eigenvalue weighted by atomic mass is 10.2. The zero-order valence-corrected chi connectivity index (χ0v) is 5.89. The van der Waals surface area contributed by atoms with Crippen LogP contribution in [0.25, 0.3) is 0 Å². The van der Waals surface area contributed by atoms with Crippen LogP contribution in [0.5, 0.6) is 0 Å². The van der Waals surface area contributed by atoms with E-state index in [1.54, 1.807) is 0 Å². The number of rotatable bonds is 4. The van der Waals surface area contributed by atoms with E-state index >= 15 is 0 Å². The van der Waals surface area contributed by atoms with Crippen LogP contribution < -0.4 is 0 Å². The highest BCUT2D eigenvalue weighted by molar-refractivity contribution is 5.78. The molecule has 0 fully saturated rings. The van der Waals surface area contributed by atoms with E-state index in [0.29, 0.717) is 6.29 Å². The molecule has 0 aromatic carbocycles. The Morgan fingerprint density at radius 2 is 2.18 bits per heavy atom. The average Bonchev–Trinajstić information content (AvgIpc) is 2.03. The van der Waals surface area contributed by atoms with Crippen molar-refractivity contribution in [1.82, 2.24) is 0 Å². The molecule has 11 heavy (non-hydrogen) atoms. The summed E-state index contributed by atoms with van der Waals surface area (Å²) in [6.07, 6.45) is 3.87. The smallest absolute Gasteiger partial charge is 0.150 e. The Labute approximate surface area is 63.7 Å². The van der Waals surface area contributed by atoms with Crippen LogP contribution in [-0.4, -0.2) is 13.0 Å². The molecular formula is C8H8F2O. The fraction of sp³-hybridized carbons (Fsp3) is 0.125. The molecular weight excluding hydrogens is 150 g/mol. The van der Waals surface area contributed by atoms with Crippen molar-refractivity contribution in [2.75, 3.05) is 6.67 Å². The van der Waals surface area contributed by atoms with Crippen molar-refractivity contribution >= 4 is 6.29 Å². The molecule has 0 aliphatic carbocycles. The first kappa shape index (κ1) is 9.75. The van der Waals surface area contributed by atoms with Crippen molar-refractivity contribution in [3.8, 4) is 0 Å². The molecule has 3 heteroatoms. The summed E-state index contributed by atoms with van der Waals surface area (Å²) >= 11 is 0. The molecule has 0 amide bonds. The fourth-order valence-electron chi connectivity index (χ4n) is 0.477. The lowest BCUT2D eigenvalue weighted by Crippen LogP contribution is -1.82. The Balaban J connectivity index is 4.41. The number of carbonyl (C=O) groups excluding carboxylic acids is 1. The van der Waals surface area contributed by atoms with E-state index < -0.39 is 12.5 Å². The molecule has 0 atom stereocenters. The van der Waals surface area contributed by atoms with Gasteiger partial charge in [-0.25, -0.2) is 8.78 Å². The molecule has 0 radical (unpaired) electrons. The van der Waals surface area contributed by atoms with Gasteiger partial charge in [-0.15, -0.1) is 0 Å². The second-order valence-corrected chi connectivity index (χ2v) is 1.75. The van der Waals surface area contributed by atoms with Gasteiger partial charge in [0.05, 0.1) is 0 Å². The van der Waals surface area contributed by atoms with Crippen molar-refractivity contribution in [3.05, 3.63) is 36.2 Å². The second kappa shape index (κ2) is 5.53. The van der Waals surface area contributed by atoms with E-state index in [-0.39, 0.29) is 5.57 Å². The van der Waals surface area contributed by atoms with Crippen LogP contribution in [0, 0.1) is 0 Å². The first-order valence-corrected chi connectivity index (χ1v) is 2.94. The second-order valence-electron chi connectivity index (χ2n) is 1.75. The highest BCUT2D eigenvalue weighted by Gasteiger charge is 1.94. The van der Waals surface area contributed by atoms with Crippen LogP contribution >= 0.6 is 0 Å². The van der Waals surface area contributed by atoms with Gasteiger partial charge in [-0.05, 0) is 6.08 Å². The molecule has 0 heterocycles. The van der Waals surface area contributed by atoms with Crippen molar-refractivity contribution < 1.29 is 13.6 Å². The number of hydrogen-bond acceptors (Lipinski definition) is 1. The molecule has 60 valence electrons. The highest BCUT2D eigenvalue weighted by atomic mass is 19.2. The zero-order valence-electron chi connectivity index (χ0n) is 5.89. The van der Waals surface area contributed by atoms with Crippen LogP contribution in [0.2, 0.25) is 0 Å². The van der Waals surface area contributed by atoms with Crippen LogP contribution in [0.1, 0.15) is 0 Å². The number of hydrogen-bond donors (Lipinski definition) is 0. The number of allylic oxidation sites excluding steroid dienone is 5. The van der Waals surface area contributed by atoms with Crippen LogP contribution in [0.3, 0.4) is 0 Å². The van der Waals surface area contributed by atoms with Gasteiger partial charge in [0.2, 0.25) is 0 Å². The lowest BCUT2D eigenvalue weighted by molar-refractivity contribution is -0.104. The first-order valence-electron chi connectivity index (χ1n) is 2.94. The summed E-state index contributed by atoms with van der Waals surface area (Å²) in [5.74, 6) is -0.967. The number of carbonyl (C=O) groups is 1. The Morgan fingerprint density at radius 1 is 1.55 bits per heavy atom. The summed E-state index contributed by atoms with van der Waals surface area (Å²) in [7, 11) is 0. The van der Waals surface area contributed by atoms with E-state index in [1.807, 2.05) is 0 Å². The molecule has 0 aromatic heterocycles. The topological polar surface area (TPSA) is 17.1 Å².